The Morgan fingerprint density at radius 3 is 2.75 bits per heavy atom. The SMILES string of the molecule is CCOC(=O)[C@H]1CS[C@H](CC(=O)Nc2ccccc2CC)C(=O)N1. The number of carbonyl (C=O) groups is 3. The van der Waals surface area contributed by atoms with Crippen LogP contribution in [0.3, 0.4) is 0 Å². The van der Waals surface area contributed by atoms with Crippen LogP contribution in [0, 0.1) is 0 Å². The van der Waals surface area contributed by atoms with Crippen LogP contribution in [0.4, 0.5) is 5.69 Å². The van der Waals surface area contributed by atoms with Crippen LogP contribution in [-0.2, 0) is 25.5 Å². The molecule has 0 aliphatic carbocycles. The van der Waals surface area contributed by atoms with Gasteiger partial charge in [-0.1, -0.05) is 25.1 Å². The Kier molecular flexibility index (Phi) is 6.66. The van der Waals surface area contributed by atoms with E-state index >= 15 is 0 Å². The maximum absolute atomic E-state index is 12.2. The van der Waals surface area contributed by atoms with Crippen LogP contribution in [0.25, 0.3) is 0 Å². The molecule has 24 heavy (non-hydrogen) atoms. The largest absolute Gasteiger partial charge is 0.464 e. The van der Waals surface area contributed by atoms with E-state index in [1.165, 1.54) is 11.8 Å². The quantitative estimate of drug-likeness (QED) is 0.764. The molecule has 1 aliphatic heterocycles. The van der Waals surface area contributed by atoms with Crippen LogP contribution in [0.5, 0.6) is 0 Å². The summed E-state index contributed by atoms with van der Waals surface area (Å²) in [5.41, 5.74) is 1.82. The second-order valence-electron chi connectivity index (χ2n) is 5.40. The Bertz CT molecular complexity index is 620. The number of esters is 1. The van der Waals surface area contributed by atoms with Crippen LogP contribution in [0.2, 0.25) is 0 Å². The number of rotatable bonds is 6. The average molecular weight is 350 g/mol. The van der Waals surface area contributed by atoms with E-state index in [4.69, 9.17) is 4.74 Å². The minimum atomic E-state index is -0.637. The molecule has 1 saturated heterocycles. The van der Waals surface area contributed by atoms with Crippen molar-refractivity contribution in [3.8, 4) is 0 Å². The summed E-state index contributed by atoms with van der Waals surface area (Å²) in [6.45, 7) is 4.01. The van der Waals surface area contributed by atoms with E-state index in [1.807, 2.05) is 31.2 Å². The topological polar surface area (TPSA) is 84.5 Å². The van der Waals surface area contributed by atoms with Gasteiger partial charge in [0.2, 0.25) is 11.8 Å². The Labute approximate surface area is 145 Å². The van der Waals surface area contributed by atoms with Gasteiger partial charge in [-0.25, -0.2) is 4.79 Å². The molecule has 130 valence electrons. The van der Waals surface area contributed by atoms with E-state index in [0.717, 1.165) is 17.7 Å². The zero-order chi connectivity index (χ0) is 17.5. The molecule has 1 fully saturated rings. The molecular formula is C17H22N2O4S. The standard InChI is InChI=1S/C17H22N2O4S/c1-3-11-7-5-6-8-12(11)18-15(20)9-14-16(21)19-13(10-24-14)17(22)23-4-2/h5-8,13-14H,3-4,9-10H2,1-2H3,(H,18,20)(H,19,21)/t13-,14-/m1/s1. The van der Waals surface area contributed by atoms with E-state index in [0.29, 0.717) is 5.75 Å². The van der Waals surface area contributed by atoms with E-state index < -0.39 is 17.3 Å². The van der Waals surface area contributed by atoms with E-state index in [1.54, 1.807) is 6.92 Å². The molecule has 7 heteroatoms. The monoisotopic (exact) mass is 350 g/mol. The third kappa shape index (κ3) is 4.74. The number of hydrogen-bond acceptors (Lipinski definition) is 5. The van der Waals surface area contributed by atoms with Gasteiger partial charge in [0.1, 0.15) is 6.04 Å². The normalized spacial score (nSPS) is 20.2. The van der Waals surface area contributed by atoms with Crippen molar-refractivity contribution in [3.63, 3.8) is 0 Å². The van der Waals surface area contributed by atoms with Gasteiger partial charge in [0.15, 0.2) is 0 Å². The Balaban J connectivity index is 1.89. The predicted molar refractivity (Wildman–Crippen MR) is 93.9 cm³/mol. The molecule has 1 aliphatic rings. The molecule has 1 heterocycles. The minimum Gasteiger partial charge on any atom is -0.464 e. The van der Waals surface area contributed by atoms with Gasteiger partial charge in [0.25, 0.3) is 0 Å². The molecule has 2 amide bonds. The number of benzene rings is 1. The van der Waals surface area contributed by atoms with E-state index in [2.05, 4.69) is 10.6 Å². The molecule has 2 rings (SSSR count). The lowest BCUT2D eigenvalue weighted by Gasteiger charge is -2.27. The zero-order valence-electron chi connectivity index (χ0n) is 13.8. The highest BCUT2D eigenvalue weighted by molar-refractivity contribution is 8.00. The van der Waals surface area contributed by atoms with Gasteiger partial charge in [-0.2, -0.15) is 0 Å². The van der Waals surface area contributed by atoms with Crippen molar-refractivity contribution in [1.82, 2.24) is 5.32 Å². The van der Waals surface area contributed by atoms with Gasteiger partial charge >= 0.3 is 5.97 Å². The summed E-state index contributed by atoms with van der Waals surface area (Å²) >= 11 is 1.31. The molecule has 0 spiro atoms. The lowest BCUT2D eigenvalue weighted by Crippen LogP contribution is -2.51. The second kappa shape index (κ2) is 8.73. The lowest BCUT2D eigenvalue weighted by atomic mass is 10.1. The fourth-order valence-corrected chi connectivity index (χ4v) is 3.57. The summed E-state index contributed by atoms with van der Waals surface area (Å²) < 4.78 is 4.90. The molecule has 2 N–H and O–H groups in total. The van der Waals surface area contributed by atoms with Crippen molar-refractivity contribution < 1.29 is 19.1 Å². The van der Waals surface area contributed by atoms with E-state index in [9.17, 15) is 14.4 Å². The summed E-state index contributed by atoms with van der Waals surface area (Å²) in [7, 11) is 0. The molecule has 0 radical (unpaired) electrons. The summed E-state index contributed by atoms with van der Waals surface area (Å²) in [5.74, 6) is -0.534. The number of para-hydroxylation sites is 1. The van der Waals surface area contributed by atoms with Crippen LogP contribution >= 0.6 is 11.8 Å². The maximum Gasteiger partial charge on any atom is 0.329 e. The highest BCUT2D eigenvalue weighted by atomic mass is 32.2. The highest BCUT2D eigenvalue weighted by Gasteiger charge is 2.34. The first-order valence-electron chi connectivity index (χ1n) is 8.01. The van der Waals surface area contributed by atoms with Crippen molar-refractivity contribution in [2.75, 3.05) is 17.7 Å². The number of hydrogen-bond donors (Lipinski definition) is 2. The second-order valence-corrected chi connectivity index (χ2v) is 6.63. The molecule has 0 aromatic heterocycles. The van der Waals surface area contributed by atoms with E-state index in [-0.39, 0.29) is 24.8 Å². The zero-order valence-corrected chi connectivity index (χ0v) is 14.7. The number of amides is 2. The number of thioether (sulfide) groups is 1. The number of ether oxygens (including phenoxy) is 1. The minimum absolute atomic E-state index is 0.0735. The van der Waals surface area contributed by atoms with Gasteiger partial charge in [-0.05, 0) is 25.0 Å². The number of aryl methyl sites for hydroxylation is 1. The van der Waals surface area contributed by atoms with Crippen molar-refractivity contribution in [2.24, 2.45) is 0 Å². The Morgan fingerprint density at radius 1 is 1.33 bits per heavy atom. The first-order valence-corrected chi connectivity index (χ1v) is 9.06. The van der Waals surface area contributed by atoms with Crippen molar-refractivity contribution >= 4 is 35.2 Å². The molecular weight excluding hydrogens is 328 g/mol. The van der Waals surface area contributed by atoms with Crippen LogP contribution in [0.1, 0.15) is 25.8 Å². The van der Waals surface area contributed by atoms with Crippen molar-refractivity contribution in [3.05, 3.63) is 29.8 Å². The number of nitrogens with one attached hydrogen (secondary N) is 2. The van der Waals surface area contributed by atoms with Gasteiger partial charge in [0, 0.05) is 17.9 Å². The maximum atomic E-state index is 12.2. The van der Waals surface area contributed by atoms with Crippen LogP contribution in [0.15, 0.2) is 24.3 Å². The van der Waals surface area contributed by atoms with Crippen molar-refractivity contribution in [1.29, 1.82) is 0 Å². The first kappa shape index (κ1) is 18.3. The van der Waals surface area contributed by atoms with Gasteiger partial charge < -0.3 is 15.4 Å². The Hall–Kier alpha value is -2.02. The molecule has 0 bridgehead atoms. The predicted octanol–water partition coefficient (Wildman–Crippen LogP) is 1.74. The van der Waals surface area contributed by atoms with Crippen LogP contribution in [-0.4, -0.2) is 41.4 Å². The summed E-state index contributed by atoms with van der Waals surface area (Å²) in [5, 5.41) is 4.99. The molecule has 1 aromatic rings. The van der Waals surface area contributed by atoms with Crippen molar-refractivity contribution in [2.45, 2.75) is 38.0 Å². The fourth-order valence-electron chi connectivity index (χ4n) is 2.44. The fraction of sp³-hybridized carbons (Fsp3) is 0.471. The number of anilines is 1. The summed E-state index contributed by atoms with van der Waals surface area (Å²) in [6, 6.07) is 6.96. The molecule has 2 atom stereocenters. The molecule has 0 saturated carbocycles. The average Bonchev–Trinajstić information content (AvgIpc) is 2.57. The molecule has 6 nitrogen and oxygen atoms in total. The first-order chi connectivity index (χ1) is 11.5. The van der Waals surface area contributed by atoms with Gasteiger partial charge in [-0.3, -0.25) is 9.59 Å². The molecule has 0 unspecified atom stereocenters. The summed E-state index contributed by atoms with van der Waals surface area (Å²) in [6.07, 6.45) is 0.889. The third-order valence-electron chi connectivity index (χ3n) is 3.69. The molecule has 1 aromatic carbocycles. The Morgan fingerprint density at radius 2 is 2.08 bits per heavy atom. The highest BCUT2D eigenvalue weighted by Crippen LogP contribution is 2.23. The lowest BCUT2D eigenvalue weighted by molar-refractivity contribution is -0.146. The third-order valence-corrected chi connectivity index (χ3v) is 5.00. The van der Waals surface area contributed by atoms with Crippen LogP contribution < -0.4 is 10.6 Å². The van der Waals surface area contributed by atoms with Gasteiger partial charge in [0.05, 0.1) is 11.9 Å². The number of carbonyl (C=O) groups excluding carboxylic acids is 3. The van der Waals surface area contributed by atoms with Gasteiger partial charge in [-0.15, -0.1) is 11.8 Å². The summed E-state index contributed by atoms with van der Waals surface area (Å²) in [4.78, 5) is 36.0. The smallest absolute Gasteiger partial charge is 0.329 e.